The number of likely N-dealkylation sites (tertiary alicyclic amines) is 1. The van der Waals surface area contributed by atoms with Crippen molar-refractivity contribution in [2.45, 2.75) is 51.5 Å². The van der Waals surface area contributed by atoms with Gasteiger partial charge in [-0.1, -0.05) is 25.1 Å². The molecule has 2 heterocycles. The van der Waals surface area contributed by atoms with Crippen LogP contribution in [0.5, 0.6) is 5.75 Å². The number of hydrogen-bond donors (Lipinski definition) is 1. The van der Waals surface area contributed by atoms with Gasteiger partial charge in [0, 0.05) is 25.7 Å². The Balaban J connectivity index is 1.34. The number of rotatable bonds is 6. The maximum absolute atomic E-state index is 12.6. The van der Waals surface area contributed by atoms with E-state index in [0.717, 1.165) is 68.7 Å². The number of fused-ring (bicyclic) bond motifs is 1. The standard InChI is InChI=1S/C24H32N2O2S/c1-2-12-26(20-8-9-21-19(16-20)5-3-6-22(21)27)17-18-10-13-25(14-11-18)24(28)23-7-4-15-29-23/h3-7,15,18,20,27H,2,8-14,16-17H2,1H3. The normalized spacial score (nSPS) is 20.1. The third-order valence-corrected chi connectivity index (χ3v) is 7.44. The van der Waals surface area contributed by atoms with E-state index in [4.69, 9.17) is 0 Å². The number of phenols is 1. The van der Waals surface area contributed by atoms with Crippen LogP contribution < -0.4 is 0 Å². The largest absolute Gasteiger partial charge is 0.508 e. The lowest BCUT2D eigenvalue weighted by molar-refractivity contribution is 0.0646. The van der Waals surface area contributed by atoms with Gasteiger partial charge in [-0.2, -0.15) is 0 Å². The Kier molecular flexibility index (Phi) is 6.56. The Morgan fingerprint density at radius 1 is 1.21 bits per heavy atom. The second kappa shape index (κ2) is 9.31. The van der Waals surface area contributed by atoms with Crippen molar-refractivity contribution in [1.82, 2.24) is 9.80 Å². The summed E-state index contributed by atoms with van der Waals surface area (Å²) < 4.78 is 0. The van der Waals surface area contributed by atoms with Crippen molar-refractivity contribution in [3.05, 3.63) is 51.7 Å². The molecular formula is C24H32N2O2S. The van der Waals surface area contributed by atoms with E-state index in [2.05, 4.69) is 17.9 Å². The first kappa shape index (κ1) is 20.4. The minimum absolute atomic E-state index is 0.201. The predicted octanol–water partition coefficient (Wildman–Crippen LogP) is 4.58. The number of nitrogens with zero attached hydrogens (tertiary/aromatic N) is 2. The number of carbonyl (C=O) groups excluding carboxylic acids is 1. The van der Waals surface area contributed by atoms with Crippen molar-refractivity contribution < 1.29 is 9.90 Å². The van der Waals surface area contributed by atoms with E-state index in [-0.39, 0.29) is 5.91 Å². The van der Waals surface area contributed by atoms with Gasteiger partial charge in [0.15, 0.2) is 0 Å². The lowest BCUT2D eigenvalue weighted by Gasteiger charge is -2.39. The molecule has 156 valence electrons. The van der Waals surface area contributed by atoms with Crippen LogP contribution in [0.2, 0.25) is 0 Å². The summed E-state index contributed by atoms with van der Waals surface area (Å²) in [5, 5.41) is 12.1. The molecule has 2 aliphatic rings. The van der Waals surface area contributed by atoms with E-state index in [9.17, 15) is 9.90 Å². The predicted molar refractivity (Wildman–Crippen MR) is 119 cm³/mol. The van der Waals surface area contributed by atoms with Crippen LogP contribution in [0.15, 0.2) is 35.7 Å². The van der Waals surface area contributed by atoms with Gasteiger partial charge in [-0.25, -0.2) is 0 Å². The molecule has 1 unspecified atom stereocenters. The molecule has 1 aliphatic heterocycles. The monoisotopic (exact) mass is 412 g/mol. The van der Waals surface area contributed by atoms with E-state index in [0.29, 0.717) is 17.7 Å². The van der Waals surface area contributed by atoms with Crippen LogP contribution in [-0.2, 0) is 12.8 Å². The van der Waals surface area contributed by atoms with Crippen molar-refractivity contribution in [3.8, 4) is 5.75 Å². The molecular weight excluding hydrogens is 380 g/mol. The summed E-state index contributed by atoms with van der Waals surface area (Å²) in [5.41, 5.74) is 2.47. The average Bonchev–Trinajstić information content (AvgIpc) is 3.28. The van der Waals surface area contributed by atoms with Gasteiger partial charge in [0.2, 0.25) is 0 Å². The zero-order chi connectivity index (χ0) is 20.2. The fourth-order valence-corrected chi connectivity index (χ4v) is 5.69. The van der Waals surface area contributed by atoms with Gasteiger partial charge < -0.3 is 10.0 Å². The summed E-state index contributed by atoms with van der Waals surface area (Å²) in [6.45, 7) is 6.28. The molecule has 0 saturated carbocycles. The van der Waals surface area contributed by atoms with Gasteiger partial charge in [0.25, 0.3) is 5.91 Å². The van der Waals surface area contributed by atoms with E-state index in [1.165, 1.54) is 23.3 Å². The van der Waals surface area contributed by atoms with Crippen LogP contribution in [0.1, 0.15) is 53.4 Å². The number of hydrogen-bond acceptors (Lipinski definition) is 4. The van der Waals surface area contributed by atoms with E-state index >= 15 is 0 Å². The number of thiophene rings is 1. The Labute approximate surface area is 178 Å². The molecule has 29 heavy (non-hydrogen) atoms. The molecule has 1 aliphatic carbocycles. The average molecular weight is 413 g/mol. The summed E-state index contributed by atoms with van der Waals surface area (Å²) in [4.78, 5) is 18.2. The quantitative estimate of drug-likeness (QED) is 0.755. The number of carbonyl (C=O) groups is 1. The third-order valence-electron chi connectivity index (χ3n) is 6.59. The maximum Gasteiger partial charge on any atom is 0.263 e. The first-order chi connectivity index (χ1) is 14.2. The lowest BCUT2D eigenvalue weighted by Crippen LogP contribution is -2.45. The van der Waals surface area contributed by atoms with Crippen molar-refractivity contribution in [3.63, 3.8) is 0 Å². The number of benzene rings is 1. The van der Waals surface area contributed by atoms with Gasteiger partial charge in [-0.05, 0) is 79.6 Å². The van der Waals surface area contributed by atoms with E-state index < -0.39 is 0 Å². The second-order valence-corrected chi connectivity index (χ2v) is 9.47. The number of aromatic hydroxyl groups is 1. The Morgan fingerprint density at radius 3 is 2.76 bits per heavy atom. The van der Waals surface area contributed by atoms with Crippen LogP contribution >= 0.6 is 11.3 Å². The highest BCUT2D eigenvalue weighted by Gasteiger charge is 2.29. The van der Waals surface area contributed by atoms with Gasteiger partial charge in [-0.15, -0.1) is 11.3 Å². The number of phenolic OH excluding ortho intramolecular Hbond substituents is 1. The van der Waals surface area contributed by atoms with Crippen molar-refractivity contribution >= 4 is 17.2 Å². The molecule has 1 aromatic heterocycles. The number of amides is 1. The van der Waals surface area contributed by atoms with Crippen LogP contribution in [0.3, 0.4) is 0 Å². The SMILES string of the molecule is CCCN(CC1CCN(C(=O)c2cccs2)CC1)C1CCc2c(O)cccc2C1. The van der Waals surface area contributed by atoms with Crippen LogP contribution in [0.25, 0.3) is 0 Å². The molecule has 0 bridgehead atoms. The fourth-order valence-electron chi connectivity index (χ4n) is 5.00. The highest BCUT2D eigenvalue weighted by molar-refractivity contribution is 7.12. The maximum atomic E-state index is 12.6. The summed E-state index contributed by atoms with van der Waals surface area (Å²) in [5.74, 6) is 1.33. The first-order valence-corrected chi connectivity index (χ1v) is 11.9. The summed E-state index contributed by atoms with van der Waals surface area (Å²) in [6.07, 6.45) is 6.50. The molecule has 0 spiro atoms. The number of piperidine rings is 1. The molecule has 1 atom stereocenters. The first-order valence-electron chi connectivity index (χ1n) is 11.0. The van der Waals surface area contributed by atoms with E-state index in [1.807, 2.05) is 34.5 Å². The van der Waals surface area contributed by atoms with Gasteiger partial charge >= 0.3 is 0 Å². The fraction of sp³-hybridized carbons (Fsp3) is 0.542. The molecule has 1 saturated heterocycles. The smallest absolute Gasteiger partial charge is 0.263 e. The summed E-state index contributed by atoms with van der Waals surface area (Å²) in [6, 6.07) is 10.4. The lowest BCUT2D eigenvalue weighted by atomic mass is 9.86. The Hall–Kier alpha value is -1.85. The van der Waals surface area contributed by atoms with Crippen LogP contribution in [0.4, 0.5) is 0 Å². The summed E-state index contributed by atoms with van der Waals surface area (Å²) in [7, 11) is 0. The van der Waals surface area contributed by atoms with Crippen molar-refractivity contribution in [2.75, 3.05) is 26.2 Å². The van der Waals surface area contributed by atoms with Gasteiger partial charge in [0.1, 0.15) is 5.75 Å². The molecule has 2 aromatic rings. The highest BCUT2D eigenvalue weighted by Crippen LogP contribution is 2.32. The molecule has 4 rings (SSSR count). The Bertz CT molecular complexity index is 812. The molecule has 1 amide bonds. The second-order valence-electron chi connectivity index (χ2n) is 8.52. The topological polar surface area (TPSA) is 43.8 Å². The molecule has 5 heteroatoms. The zero-order valence-electron chi connectivity index (χ0n) is 17.3. The minimum Gasteiger partial charge on any atom is -0.508 e. The third kappa shape index (κ3) is 4.67. The molecule has 4 nitrogen and oxygen atoms in total. The van der Waals surface area contributed by atoms with Gasteiger partial charge in [-0.3, -0.25) is 9.69 Å². The minimum atomic E-state index is 0.201. The van der Waals surface area contributed by atoms with Crippen LogP contribution in [0, 0.1) is 5.92 Å². The van der Waals surface area contributed by atoms with Crippen LogP contribution in [-0.4, -0.2) is 53.0 Å². The summed E-state index contributed by atoms with van der Waals surface area (Å²) >= 11 is 1.54. The zero-order valence-corrected chi connectivity index (χ0v) is 18.2. The molecule has 0 radical (unpaired) electrons. The molecule has 1 aromatic carbocycles. The van der Waals surface area contributed by atoms with E-state index in [1.54, 1.807) is 0 Å². The Morgan fingerprint density at radius 2 is 2.03 bits per heavy atom. The molecule has 1 fully saturated rings. The van der Waals surface area contributed by atoms with Crippen molar-refractivity contribution in [1.29, 1.82) is 0 Å². The van der Waals surface area contributed by atoms with Crippen molar-refractivity contribution in [2.24, 2.45) is 5.92 Å². The highest BCUT2D eigenvalue weighted by atomic mass is 32.1. The molecule has 1 N–H and O–H groups in total. The van der Waals surface area contributed by atoms with Gasteiger partial charge in [0.05, 0.1) is 4.88 Å².